The molecule has 0 spiro atoms. The maximum Gasteiger partial charge on any atom is 0.143 e. The molecule has 0 radical (unpaired) electrons. The predicted octanol–water partition coefficient (Wildman–Crippen LogP) is 2.66. The fourth-order valence-corrected chi connectivity index (χ4v) is 2.22. The second-order valence-electron chi connectivity index (χ2n) is 4.88. The Labute approximate surface area is 103 Å². The van der Waals surface area contributed by atoms with Crippen LogP contribution in [-0.4, -0.2) is 20.2 Å². The van der Waals surface area contributed by atoms with Crippen molar-refractivity contribution < 1.29 is 4.74 Å². The molecule has 1 aromatic carbocycles. The Kier molecular flexibility index (Phi) is 3.23. The highest BCUT2D eigenvalue weighted by atomic mass is 16.5. The van der Waals surface area contributed by atoms with E-state index >= 15 is 0 Å². The Hall–Kier alpha value is -1.69. The third kappa shape index (κ3) is 2.08. The van der Waals surface area contributed by atoms with E-state index in [1.165, 1.54) is 0 Å². The van der Waals surface area contributed by atoms with Crippen molar-refractivity contribution in [3.63, 3.8) is 0 Å². The average Bonchev–Trinajstić information content (AvgIpc) is 2.26. The van der Waals surface area contributed by atoms with Crippen molar-refractivity contribution in [1.82, 2.24) is 0 Å². The summed E-state index contributed by atoms with van der Waals surface area (Å²) < 4.78 is 5.35. The number of anilines is 1. The molecule has 3 nitrogen and oxygen atoms in total. The maximum absolute atomic E-state index is 9.15. The van der Waals surface area contributed by atoms with E-state index in [1.807, 2.05) is 18.2 Å². The molecule has 1 aliphatic heterocycles. The lowest BCUT2D eigenvalue weighted by molar-refractivity contribution is 0.306. The van der Waals surface area contributed by atoms with Crippen molar-refractivity contribution in [3.05, 3.63) is 23.8 Å². The predicted molar refractivity (Wildman–Crippen MR) is 68.3 cm³/mol. The van der Waals surface area contributed by atoms with Crippen LogP contribution in [0.2, 0.25) is 0 Å². The Bertz CT molecular complexity index is 442. The van der Waals surface area contributed by atoms with Crippen LogP contribution in [-0.2, 0) is 0 Å². The quantitative estimate of drug-likeness (QED) is 0.801. The monoisotopic (exact) mass is 230 g/mol. The van der Waals surface area contributed by atoms with Crippen LogP contribution in [0.1, 0.15) is 19.4 Å². The minimum absolute atomic E-state index is 0.700. The van der Waals surface area contributed by atoms with Crippen LogP contribution in [0.3, 0.4) is 0 Å². The number of benzene rings is 1. The lowest BCUT2D eigenvalue weighted by Gasteiger charge is -2.44. The first kappa shape index (κ1) is 11.8. The molecule has 0 bridgehead atoms. The van der Waals surface area contributed by atoms with Gasteiger partial charge in [-0.05, 0) is 24.0 Å². The SMILES string of the molecule is COc1cccc(C#N)c1N1CC(C(C)C)C1. The summed E-state index contributed by atoms with van der Waals surface area (Å²) in [5.41, 5.74) is 1.65. The molecule has 17 heavy (non-hydrogen) atoms. The van der Waals surface area contributed by atoms with Crippen molar-refractivity contribution in [2.24, 2.45) is 11.8 Å². The molecular weight excluding hydrogens is 212 g/mol. The minimum atomic E-state index is 0.700. The van der Waals surface area contributed by atoms with Gasteiger partial charge in [0.1, 0.15) is 11.8 Å². The second kappa shape index (κ2) is 4.67. The van der Waals surface area contributed by atoms with E-state index in [4.69, 9.17) is 10.00 Å². The molecule has 0 atom stereocenters. The lowest BCUT2D eigenvalue weighted by Crippen LogP contribution is -2.49. The molecule has 1 saturated heterocycles. The molecule has 90 valence electrons. The van der Waals surface area contributed by atoms with Gasteiger partial charge in [0.05, 0.1) is 18.4 Å². The Morgan fingerprint density at radius 2 is 2.12 bits per heavy atom. The molecule has 0 amide bonds. The van der Waals surface area contributed by atoms with Crippen LogP contribution in [0.5, 0.6) is 5.75 Å². The molecule has 2 rings (SSSR count). The summed E-state index contributed by atoms with van der Waals surface area (Å²) in [6.45, 7) is 6.53. The number of hydrogen-bond acceptors (Lipinski definition) is 3. The summed E-state index contributed by atoms with van der Waals surface area (Å²) in [4.78, 5) is 2.24. The number of para-hydroxylation sites is 1. The third-order valence-corrected chi connectivity index (χ3v) is 3.51. The number of nitriles is 1. The van der Waals surface area contributed by atoms with Crippen LogP contribution in [0, 0.1) is 23.2 Å². The highest BCUT2D eigenvalue weighted by molar-refractivity contribution is 5.69. The molecule has 0 saturated carbocycles. The van der Waals surface area contributed by atoms with Gasteiger partial charge < -0.3 is 9.64 Å². The summed E-state index contributed by atoms with van der Waals surface area (Å²) in [5, 5.41) is 9.15. The second-order valence-corrected chi connectivity index (χ2v) is 4.88. The molecule has 1 heterocycles. The van der Waals surface area contributed by atoms with Crippen LogP contribution in [0.4, 0.5) is 5.69 Å². The number of hydrogen-bond donors (Lipinski definition) is 0. The van der Waals surface area contributed by atoms with Crippen LogP contribution < -0.4 is 9.64 Å². The van der Waals surface area contributed by atoms with E-state index in [1.54, 1.807) is 7.11 Å². The molecule has 0 aromatic heterocycles. The van der Waals surface area contributed by atoms with Crippen molar-refractivity contribution >= 4 is 5.69 Å². The van der Waals surface area contributed by atoms with E-state index in [9.17, 15) is 0 Å². The largest absolute Gasteiger partial charge is 0.495 e. The highest BCUT2D eigenvalue weighted by Gasteiger charge is 2.32. The molecule has 0 N–H and O–H groups in total. The third-order valence-electron chi connectivity index (χ3n) is 3.51. The fraction of sp³-hybridized carbons (Fsp3) is 0.500. The zero-order valence-electron chi connectivity index (χ0n) is 10.6. The summed E-state index contributed by atoms with van der Waals surface area (Å²) in [5.74, 6) is 2.23. The van der Waals surface area contributed by atoms with E-state index in [-0.39, 0.29) is 0 Å². The Balaban J connectivity index is 2.24. The molecule has 0 unspecified atom stereocenters. The first-order chi connectivity index (χ1) is 8.17. The summed E-state index contributed by atoms with van der Waals surface area (Å²) in [6.07, 6.45) is 0. The minimum Gasteiger partial charge on any atom is -0.495 e. The normalized spacial score (nSPS) is 15.6. The maximum atomic E-state index is 9.15. The topological polar surface area (TPSA) is 36.3 Å². The first-order valence-electron chi connectivity index (χ1n) is 5.99. The van der Waals surface area contributed by atoms with Crippen molar-refractivity contribution in [1.29, 1.82) is 5.26 Å². The smallest absolute Gasteiger partial charge is 0.143 e. The average molecular weight is 230 g/mol. The van der Waals surface area contributed by atoms with Crippen LogP contribution in [0.25, 0.3) is 0 Å². The van der Waals surface area contributed by atoms with Gasteiger partial charge in [0, 0.05) is 13.1 Å². The van der Waals surface area contributed by atoms with Gasteiger partial charge in [0.15, 0.2) is 0 Å². The number of rotatable bonds is 3. The van der Waals surface area contributed by atoms with Gasteiger partial charge >= 0.3 is 0 Å². The van der Waals surface area contributed by atoms with Gasteiger partial charge in [-0.1, -0.05) is 19.9 Å². The zero-order chi connectivity index (χ0) is 12.4. The van der Waals surface area contributed by atoms with Crippen LogP contribution >= 0.6 is 0 Å². The van der Waals surface area contributed by atoms with E-state index in [0.717, 1.165) is 30.4 Å². The van der Waals surface area contributed by atoms with Gasteiger partial charge in [-0.15, -0.1) is 0 Å². The van der Waals surface area contributed by atoms with Crippen molar-refractivity contribution in [3.8, 4) is 11.8 Å². The highest BCUT2D eigenvalue weighted by Crippen LogP contribution is 2.37. The van der Waals surface area contributed by atoms with Crippen molar-refractivity contribution in [2.45, 2.75) is 13.8 Å². The van der Waals surface area contributed by atoms with Gasteiger partial charge in [-0.25, -0.2) is 0 Å². The Morgan fingerprint density at radius 3 is 2.65 bits per heavy atom. The molecule has 3 heteroatoms. The molecule has 1 aliphatic rings. The fourth-order valence-electron chi connectivity index (χ4n) is 2.22. The number of nitrogens with zero attached hydrogens (tertiary/aromatic N) is 2. The summed E-state index contributed by atoms with van der Waals surface area (Å²) in [7, 11) is 1.65. The van der Waals surface area contributed by atoms with E-state index < -0.39 is 0 Å². The zero-order valence-corrected chi connectivity index (χ0v) is 10.6. The molecule has 0 aliphatic carbocycles. The van der Waals surface area contributed by atoms with Gasteiger partial charge in [-0.3, -0.25) is 0 Å². The Morgan fingerprint density at radius 1 is 1.41 bits per heavy atom. The standard InChI is InChI=1S/C14H18N2O/c1-10(2)12-8-16(9-12)14-11(7-15)5-4-6-13(14)17-3/h4-6,10,12H,8-9H2,1-3H3. The number of ether oxygens (including phenoxy) is 1. The van der Waals surface area contributed by atoms with Crippen molar-refractivity contribution in [2.75, 3.05) is 25.1 Å². The molecule has 1 aromatic rings. The summed E-state index contributed by atoms with van der Waals surface area (Å²) in [6, 6.07) is 7.87. The lowest BCUT2D eigenvalue weighted by atomic mass is 9.87. The molecule has 1 fully saturated rings. The van der Waals surface area contributed by atoms with Gasteiger partial charge in [0.2, 0.25) is 0 Å². The van der Waals surface area contributed by atoms with Gasteiger partial charge in [0.25, 0.3) is 0 Å². The first-order valence-corrected chi connectivity index (χ1v) is 5.99. The summed E-state index contributed by atoms with van der Waals surface area (Å²) >= 11 is 0. The van der Waals surface area contributed by atoms with E-state index in [0.29, 0.717) is 11.5 Å². The van der Waals surface area contributed by atoms with Gasteiger partial charge in [-0.2, -0.15) is 5.26 Å². The molecular formula is C14H18N2O. The van der Waals surface area contributed by atoms with E-state index in [2.05, 4.69) is 24.8 Å². The van der Waals surface area contributed by atoms with Crippen LogP contribution in [0.15, 0.2) is 18.2 Å². The number of methoxy groups -OCH3 is 1.